The maximum absolute atomic E-state index is 5.86. The average Bonchev–Trinajstić information content (AvgIpc) is 2.18. The van der Waals surface area contributed by atoms with E-state index in [1.54, 1.807) is 35.7 Å². The highest BCUT2D eigenvalue weighted by Crippen LogP contribution is 2.21. The number of halogens is 1. The molecule has 14 heavy (non-hydrogen) atoms. The SMILES string of the molecule is NN1C=CC=NN1c1cccc(Cl)c1. The molecule has 4 nitrogen and oxygen atoms in total. The van der Waals surface area contributed by atoms with Crippen molar-refractivity contribution >= 4 is 23.5 Å². The predicted molar refractivity (Wildman–Crippen MR) is 57.6 cm³/mol. The third-order valence-corrected chi connectivity index (χ3v) is 1.99. The molecule has 0 saturated heterocycles. The largest absolute Gasteiger partial charge is 0.227 e. The van der Waals surface area contributed by atoms with Crippen molar-refractivity contribution < 1.29 is 0 Å². The molecular weight excluding hydrogens is 200 g/mol. The minimum atomic E-state index is 0.653. The second kappa shape index (κ2) is 3.69. The number of nitrogens with two attached hydrogens (primary N) is 1. The molecule has 0 fully saturated rings. The minimum absolute atomic E-state index is 0.653. The van der Waals surface area contributed by atoms with E-state index in [1.165, 1.54) is 5.12 Å². The first kappa shape index (κ1) is 9.05. The van der Waals surface area contributed by atoms with Gasteiger partial charge in [0, 0.05) is 11.2 Å². The number of hydrogen-bond acceptors (Lipinski definition) is 4. The summed E-state index contributed by atoms with van der Waals surface area (Å²) in [4.78, 5) is 0. The van der Waals surface area contributed by atoms with E-state index < -0.39 is 0 Å². The molecule has 72 valence electrons. The highest BCUT2D eigenvalue weighted by molar-refractivity contribution is 6.30. The Morgan fingerprint density at radius 3 is 2.93 bits per heavy atom. The first-order valence-corrected chi connectivity index (χ1v) is 4.45. The summed E-state index contributed by atoms with van der Waals surface area (Å²) in [5.41, 5.74) is 0.820. The number of hydrogen-bond donors (Lipinski definition) is 1. The first-order valence-electron chi connectivity index (χ1n) is 4.08. The topological polar surface area (TPSA) is 44.9 Å². The van der Waals surface area contributed by atoms with Crippen molar-refractivity contribution in [3.05, 3.63) is 41.6 Å². The number of hydrazone groups is 1. The van der Waals surface area contributed by atoms with Crippen molar-refractivity contribution in [3.8, 4) is 0 Å². The summed E-state index contributed by atoms with van der Waals surface area (Å²) in [6.45, 7) is 0. The quantitative estimate of drug-likeness (QED) is 0.716. The molecule has 1 aliphatic rings. The Bertz CT molecular complexity index is 388. The zero-order valence-electron chi connectivity index (χ0n) is 7.34. The summed E-state index contributed by atoms with van der Waals surface area (Å²) < 4.78 is 0. The van der Waals surface area contributed by atoms with E-state index in [4.69, 9.17) is 17.4 Å². The van der Waals surface area contributed by atoms with Crippen LogP contribution in [0.1, 0.15) is 0 Å². The molecular formula is C9H9ClN4. The van der Waals surface area contributed by atoms with Gasteiger partial charge in [0.2, 0.25) is 0 Å². The summed E-state index contributed by atoms with van der Waals surface area (Å²) in [6.07, 6.45) is 5.11. The van der Waals surface area contributed by atoms with Gasteiger partial charge in [-0.25, -0.2) is 11.0 Å². The Hall–Kier alpha value is -1.52. The molecule has 0 atom stereocenters. The van der Waals surface area contributed by atoms with E-state index in [-0.39, 0.29) is 0 Å². The molecule has 0 amide bonds. The van der Waals surface area contributed by atoms with E-state index in [0.717, 1.165) is 5.69 Å². The second-order valence-corrected chi connectivity index (χ2v) is 3.19. The molecule has 1 aromatic carbocycles. The number of nitrogens with zero attached hydrogens (tertiary/aromatic N) is 3. The van der Waals surface area contributed by atoms with Crippen molar-refractivity contribution in [2.75, 3.05) is 5.12 Å². The van der Waals surface area contributed by atoms with Crippen LogP contribution in [-0.4, -0.2) is 11.3 Å². The van der Waals surface area contributed by atoms with Gasteiger partial charge in [-0.15, -0.1) is 0 Å². The van der Waals surface area contributed by atoms with Crippen molar-refractivity contribution in [3.63, 3.8) is 0 Å². The molecule has 1 heterocycles. The third-order valence-electron chi connectivity index (χ3n) is 1.76. The standard InChI is InChI=1S/C9H9ClN4/c10-8-3-1-4-9(7-8)14-12-5-2-6-13(14)11/h1-7H,11H2. The average molecular weight is 209 g/mol. The Labute approximate surface area is 86.8 Å². The fourth-order valence-electron chi connectivity index (χ4n) is 1.15. The van der Waals surface area contributed by atoms with Crippen molar-refractivity contribution in [1.82, 2.24) is 5.12 Å². The van der Waals surface area contributed by atoms with Gasteiger partial charge in [-0.1, -0.05) is 17.7 Å². The molecule has 1 aromatic rings. The maximum atomic E-state index is 5.86. The fourth-order valence-corrected chi connectivity index (χ4v) is 1.34. The lowest BCUT2D eigenvalue weighted by molar-refractivity contribution is 0.360. The summed E-state index contributed by atoms with van der Waals surface area (Å²) in [6, 6.07) is 7.31. The minimum Gasteiger partial charge on any atom is -0.227 e. The molecule has 0 bridgehead atoms. The van der Waals surface area contributed by atoms with Crippen LogP contribution in [0.2, 0.25) is 5.02 Å². The first-order chi connectivity index (χ1) is 6.77. The zero-order valence-corrected chi connectivity index (χ0v) is 8.09. The van der Waals surface area contributed by atoms with Gasteiger partial charge in [-0.2, -0.15) is 10.2 Å². The monoisotopic (exact) mass is 208 g/mol. The molecule has 2 rings (SSSR count). The number of hydrazine groups is 2. The van der Waals surface area contributed by atoms with Gasteiger partial charge in [0.1, 0.15) is 0 Å². The van der Waals surface area contributed by atoms with Crippen molar-refractivity contribution in [2.45, 2.75) is 0 Å². The van der Waals surface area contributed by atoms with Gasteiger partial charge in [-0.05, 0) is 24.3 Å². The summed E-state index contributed by atoms with van der Waals surface area (Å²) in [7, 11) is 0. The van der Waals surface area contributed by atoms with Gasteiger partial charge < -0.3 is 0 Å². The molecule has 2 N–H and O–H groups in total. The highest BCUT2D eigenvalue weighted by Gasteiger charge is 2.10. The van der Waals surface area contributed by atoms with E-state index in [2.05, 4.69) is 5.10 Å². The van der Waals surface area contributed by atoms with Crippen LogP contribution in [0.15, 0.2) is 41.6 Å². The van der Waals surface area contributed by atoms with Crippen LogP contribution in [0, 0.1) is 0 Å². The van der Waals surface area contributed by atoms with Gasteiger partial charge in [0.15, 0.2) is 0 Å². The molecule has 1 aliphatic heterocycles. The van der Waals surface area contributed by atoms with E-state index >= 15 is 0 Å². The van der Waals surface area contributed by atoms with Crippen LogP contribution >= 0.6 is 11.6 Å². The Morgan fingerprint density at radius 1 is 1.36 bits per heavy atom. The molecule has 0 radical (unpaired) electrons. The Morgan fingerprint density at radius 2 is 2.21 bits per heavy atom. The molecule has 0 aliphatic carbocycles. The van der Waals surface area contributed by atoms with Crippen molar-refractivity contribution in [1.29, 1.82) is 0 Å². The van der Waals surface area contributed by atoms with Crippen LogP contribution in [0.3, 0.4) is 0 Å². The lowest BCUT2D eigenvalue weighted by Crippen LogP contribution is -2.41. The normalized spacial score (nSPS) is 15.0. The van der Waals surface area contributed by atoms with Crippen LogP contribution in [0.4, 0.5) is 5.69 Å². The lowest BCUT2D eigenvalue weighted by Gasteiger charge is -2.28. The van der Waals surface area contributed by atoms with E-state index in [9.17, 15) is 0 Å². The second-order valence-electron chi connectivity index (χ2n) is 2.76. The van der Waals surface area contributed by atoms with Gasteiger partial charge in [-0.3, -0.25) is 0 Å². The number of allylic oxidation sites excluding steroid dienone is 1. The van der Waals surface area contributed by atoms with Crippen LogP contribution in [0.25, 0.3) is 0 Å². The summed E-state index contributed by atoms with van der Waals surface area (Å²) in [5.74, 6) is 5.68. The lowest BCUT2D eigenvalue weighted by atomic mass is 10.3. The molecule has 0 spiro atoms. The Kier molecular flexibility index (Phi) is 2.39. The molecule has 0 saturated carbocycles. The summed E-state index contributed by atoms with van der Waals surface area (Å²) in [5, 5.41) is 7.67. The van der Waals surface area contributed by atoms with Crippen molar-refractivity contribution in [2.24, 2.45) is 10.9 Å². The fraction of sp³-hybridized carbons (Fsp3) is 0. The third kappa shape index (κ3) is 1.71. The van der Waals surface area contributed by atoms with E-state index in [1.807, 2.05) is 12.1 Å². The Balaban J connectivity index is 2.31. The smallest absolute Gasteiger partial charge is 0.0866 e. The maximum Gasteiger partial charge on any atom is 0.0866 e. The zero-order chi connectivity index (χ0) is 9.97. The molecule has 0 aromatic heterocycles. The molecule has 5 heteroatoms. The van der Waals surface area contributed by atoms with Crippen LogP contribution in [-0.2, 0) is 0 Å². The summed E-state index contributed by atoms with van der Waals surface area (Å²) >= 11 is 5.86. The predicted octanol–water partition coefficient (Wildman–Crippen LogP) is 1.75. The van der Waals surface area contributed by atoms with Crippen LogP contribution < -0.4 is 11.0 Å². The molecule has 0 unspecified atom stereocenters. The van der Waals surface area contributed by atoms with E-state index in [0.29, 0.717) is 5.02 Å². The number of rotatable bonds is 1. The van der Waals surface area contributed by atoms with Gasteiger partial charge in [0.25, 0.3) is 0 Å². The van der Waals surface area contributed by atoms with Gasteiger partial charge in [0.05, 0.1) is 11.9 Å². The highest BCUT2D eigenvalue weighted by atomic mass is 35.5. The van der Waals surface area contributed by atoms with Gasteiger partial charge >= 0.3 is 0 Å². The number of anilines is 1. The number of benzene rings is 1. The van der Waals surface area contributed by atoms with Crippen LogP contribution in [0.5, 0.6) is 0 Å².